The molecule has 4 rings (SSSR count). The number of fused-ring (bicyclic) bond motifs is 1. The van der Waals surface area contributed by atoms with Gasteiger partial charge < -0.3 is 25.0 Å². The quantitative estimate of drug-likeness (QED) is 0.279. The minimum Gasteiger partial charge on any atom is -0.490 e. The molecule has 1 unspecified atom stereocenters. The molecule has 1 atom stereocenters. The molecule has 196 valence electrons. The third-order valence-corrected chi connectivity index (χ3v) is 7.31. The largest absolute Gasteiger partial charge is 0.490 e. The van der Waals surface area contributed by atoms with Crippen LogP contribution in [0.4, 0.5) is 0 Å². The molecule has 37 heavy (non-hydrogen) atoms. The second kappa shape index (κ2) is 12.4. The summed E-state index contributed by atoms with van der Waals surface area (Å²) in [4.78, 5) is 12.1. The molecule has 7 heteroatoms. The van der Waals surface area contributed by atoms with Gasteiger partial charge in [-0.2, -0.15) is 0 Å². The summed E-state index contributed by atoms with van der Waals surface area (Å²) in [5.74, 6) is 0.433. The van der Waals surface area contributed by atoms with Crippen LogP contribution in [-0.2, 0) is 11.2 Å². The molecular formula is C30H35NO5S. The molecular weight excluding hydrogens is 486 g/mol. The van der Waals surface area contributed by atoms with Crippen LogP contribution in [0.3, 0.4) is 0 Å². The van der Waals surface area contributed by atoms with E-state index in [1.807, 2.05) is 47.8 Å². The minimum absolute atomic E-state index is 0.196. The topological polar surface area (TPSA) is 88.0 Å². The van der Waals surface area contributed by atoms with Crippen LogP contribution in [0.2, 0.25) is 0 Å². The number of hydrogen-bond donors (Lipinski definition) is 3. The van der Waals surface area contributed by atoms with Gasteiger partial charge >= 0.3 is 5.97 Å². The second-order valence-electron chi connectivity index (χ2n) is 9.97. The maximum Gasteiger partial charge on any atom is 0.341 e. The van der Waals surface area contributed by atoms with Crippen molar-refractivity contribution < 1.29 is 24.5 Å². The summed E-state index contributed by atoms with van der Waals surface area (Å²) in [5, 5.41) is 25.3. The van der Waals surface area contributed by atoms with E-state index in [2.05, 4.69) is 37.4 Å². The number of benzene rings is 2. The number of hydrogen-bond acceptors (Lipinski definition) is 6. The Morgan fingerprint density at radius 1 is 1.05 bits per heavy atom. The fraction of sp³-hybridized carbons (Fsp3) is 0.367. The Morgan fingerprint density at radius 2 is 1.84 bits per heavy atom. The van der Waals surface area contributed by atoms with Crippen LogP contribution in [0.15, 0.2) is 66.1 Å². The molecule has 1 heterocycles. The standard InChI is InChI=1S/C30H35NO5S/c1-30(2,17-21-9-3-4-10-24-23(21)12-7-14-26(24)36-20-29(33)34)31-18-22(32)19-35-27-13-6-5-11-25(27)28-15-8-16-37-28/h5-9,11-16,22,31-32H,3-4,10,17-20H2,1-2H3,(H,33,34). The van der Waals surface area contributed by atoms with Gasteiger partial charge in [-0.1, -0.05) is 36.4 Å². The molecule has 0 saturated heterocycles. The third kappa shape index (κ3) is 7.44. The van der Waals surface area contributed by atoms with E-state index >= 15 is 0 Å². The van der Waals surface area contributed by atoms with Gasteiger partial charge in [0.1, 0.15) is 24.2 Å². The Kier molecular flexibility index (Phi) is 9.03. The summed E-state index contributed by atoms with van der Waals surface area (Å²) in [6.07, 6.45) is 5.16. The first-order valence-electron chi connectivity index (χ1n) is 12.7. The number of aliphatic hydroxyl groups excluding tert-OH is 1. The Labute approximate surface area is 222 Å². The normalized spacial score (nSPS) is 14.3. The summed E-state index contributed by atoms with van der Waals surface area (Å²) in [6, 6.07) is 17.8. The van der Waals surface area contributed by atoms with Gasteiger partial charge in [-0.3, -0.25) is 0 Å². The van der Waals surface area contributed by atoms with Crippen LogP contribution in [0, 0.1) is 0 Å². The number of allylic oxidation sites excluding steroid dienone is 1. The molecule has 3 N–H and O–H groups in total. The van der Waals surface area contributed by atoms with Crippen molar-refractivity contribution in [3.8, 4) is 21.9 Å². The van der Waals surface area contributed by atoms with Crippen molar-refractivity contribution >= 4 is 22.9 Å². The van der Waals surface area contributed by atoms with Gasteiger partial charge in [0.2, 0.25) is 0 Å². The first kappa shape index (κ1) is 26.9. The summed E-state index contributed by atoms with van der Waals surface area (Å²) in [6.45, 7) is 4.50. The van der Waals surface area contributed by atoms with Gasteiger partial charge in [-0.15, -0.1) is 11.3 Å². The maximum absolute atomic E-state index is 11.0. The Morgan fingerprint density at radius 3 is 2.62 bits per heavy atom. The lowest BCUT2D eigenvalue weighted by atomic mass is 9.88. The third-order valence-electron chi connectivity index (χ3n) is 6.41. The molecule has 0 spiro atoms. The molecule has 0 amide bonds. The van der Waals surface area contributed by atoms with E-state index in [0.717, 1.165) is 53.0 Å². The fourth-order valence-corrected chi connectivity index (χ4v) is 5.39. The van der Waals surface area contributed by atoms with E-state index in [4.69, 9.17) is 14.6 Å². The van der Waals surface area contributed by atoms with Crippen molar-refractivity contribution in [2.45, 2.75) is 51.2 Å². The van der Waals surface area contributed by atoms with E-state index in [0.29, 0.717) is 12.3 Å². The van der Waals surface area contributed by atoms with Crippen LogP contribution < -0.4 is 14.8 Å². The summed E-state index contributed by atoms with van der Waals surface area (Å²) < 4.78 is 11.6. The molecule has 0 saturated carbocycles. The Bertz CT molecular complexity index is 1220. The van der Waals surface area contributed by atoms with Gasteiger partial charge in [0.05, 0.1) is 0 Å². The number of rotatable bonds is 12. The highest BCUT2D eigenvalue weighted by molar-refractivity contribution is 7.13. The van der Waals surface area contributed by atoms with Crippen molar-refractivity contribution in [2.75, 3.05) is 19.8 Å². The average molecular weight is 522 g/mol. The lowest BCUT2D eigenvalue weighted by Crippen LogP contribution is -2.44. The van der Waals surface area contributed by atoms with Crippen molar-refractivity contribution in [1.82, 2.24) is 5.32 Å². The zero-order valence-corrected chi connectivity index (χ0v) is 22.2. The number of thiophene rings is 1. The molecule has 3 aromatic rings. The number of aliphatic hydroxyl groups is 1. The number of ether oxygens (including phenoxy) is 2. The predicted molar refractivity (Wildman–Crippen MR) is 148 cm³/mol. The molecule has 0 aliphatic heterocycles. The molecule has 0 fully saturated rings. The number of para-hydroxylation sites is 1. The number of aliphatic carboxylic acids is 1. The number of carbonyl (C=O) groups is 1. The lowest BCUT2D eigenvalue weighted by Gasteiger charge is -2.30. The highest BCUT2D eigenvalue weighted by atomic mass is 32.1. The second-order valence-corrected chi connectivity index (χ2v) is 10.9. The van der Waals surface area contributed by atoms with E-state index in [9.17, 15) is 9.90 Å². The molecule has 1 aromatic heterocycles. The first-order chi connectivity index (χ1) is 17.8. The molecule has 2 aromatic carbocycles. The zero-order chi connectivity index (χ0) is 26.3. The monoisotopic (exact) mass is 521 g/mol. The predicted octanol–water partition coefficient (Wildman–Crippen LogP) is 5.80. The van der Waals surface area contributed by atoms with E-state index in [1.54, 1.807) is 11.3 Å². The van der Waals surface area contributed by atoms with Crippen molar-refractivity contribution in [3.63, 3.8) is 0 Å². The van der Waals surface area contributed by atoms with Crippen LogP contribution in [0.25, 0.3) is 16.0 Å². The molecule has 6 nitrogen and oxygen atoms in total. The number of carboxylic acid groups (broad SMARTS) is 1. The van der Waals surface area contributed by atoms with Crippen LogP contribution in [-0.4, -0.2) is 47.6 Å². The SMILES string of the molecule is CC(C)(CC1=CCCCc2c(OCC(=O)O)cccc21)NCC(O)COc1ccccc1-c1cccs1. The van der Waals surface area contributed by atoms with Crippen molar-refractivity contribution in [2.24, 2.45) is 0 Å². The fourth-order valence-electron chi connectivity index (χ4n) is 4.64. The average Bonchev–Trinajstić information content (AvgIpc) is 3.34. The number of β-amino-alcohol motifs (C(OH)–C–C–N with tert-alkyl or cyclic N) is 1. The van der Waals surface area contributed by atoms with E-state index < -0.39 is 12.1 Å². The summed E-state index contributed by atoms with van der Waals surface area (Å²) >= 11 is 1.66. The van der Waals surface area contributed by atoms with Crippen molar-refractivity contribution in [3.05, 3.63) is 77.2 Å². The van der Waals surface area contributed by atoms with Gasteiger partial charge in [-0.05, 0) is 80.3 Å². The highest BCUT2D eigenvalue weighted by Crippen LogP contribution is 2.36. The molecule has 1 aliphatic rings. The molecule has 0 radical (unpaired) electrons. The highest BCUT2D eigenvalue weighted by Gasteiger charge is 2.24. The number of nitrogens with one attached hydrogen (secondary N) is 1. The van der Waals surface area contributed by atoms with Crippen LogP contribution >= 0.6 is 11.3 Å². The van der Waals surface area contributed by atoms with Gasteiger partial charge in [0.15, 0.2) is 6.61 Å². The van der Waals surface area contributed by atoms with Crippen LogP contribution in [0.1, 0.15) is 44.2 Å². The first-order valence-corrected chi connectivity index (χ1v) is 13.5. The zero-order valence-electron chi connectivity index (χ0n) is 21.4. The van der Waals surface area contributed by atoms with Gasteiger partial charge in [0, 0.05) is 28.1 Å². The van der Waals surface area contributed by atoms with E-state index in [-0.39, 0.29) is 18.8 Å². The summed E-state index contributed by atoms with van der Waals surface area (Å²) in [5.41, 5.74) is 4.15. The Balaban J connectivity index is 1.36. The number of carboxylic acids is 1. The molecule has 1 aliphatic carbocycles. The van der Waals surface area contributed by atoms with Gasteiger partial charge in [0.25, 0.3) is 0 Å². The lowest BCUT2D eigenvalue weighted by molar-refractivity contribution is -0.139. The van der Waals surface area contributed by atoms with Crippen LogP contribution in [0.5, 0.6) is 11.5 Å². The van der Waals surface area contributed by atoms with Crippen molar-refractivity contribution in [1.29, 1.82) is 0 Å². The molecule has 0 bridgehead atoms. The minimum atomic E-state index is -0.982. The maximum atomic E-state index is 11.0. The summed E-state index contributed by atoms with van der Waals surface area (Å²) in [7, 11) is 0. The van der Waals surface area contributed by atoms with E-state index in [1.165, 1.54) is 5.57 Å². The van der Waals surface area contributed by atoms with Gasteiger partial charge in [-0.25, -0.2) is 4.79 Å². The Hall–Kier alpha value is -3.13. The smallest absolute Gasteiger partial charge is 0.341 e.